The summed E-state index contributed by atoms with van der Waals surface area (Å²) < 4.78 is 28.7. The van der Waals surface area contributed by atoms with Crippen LogP contribution in [0, 0.1) is 0 Å². The molecule has 0 spiro atoms. The first-order valence-electron chi connectivity index (χ1n) is 4.34. The molecule has 88 valence electrons. The van der Waals surface area contributed by atoms with Crippen molar-refractivity contribution in [2.75, 3.05) is 0 Å². The number of Topliss-reactive ketones (excluding diaryl/α,β-unsaturated/α-hetero) is 1. The summed E-state index contributed by atoms with van der Waals surface area (Å²) in [6.07, 6.45) is 0. The minimum absolute atomic E-state index is 0.0714. The molecule has 0 saturated heterocycles. The van der Waals surface area contributed by atoms with Crippen molar-refractivity contribution in [3.8, 4) is 5.75 Å². The Hall–Kier alpha value is -0.620. The summed E-state index contributed by atoms with van der Waals surface area (Å²) in [5.41, 5.74) is 0.348. The molecule has 1 unspecified atom stereocenters. The zero-order chi connectivity index (χ0) is 12.3. The molecule has 16 heavy (non-hydrogen) atoms. The summed E-state index contributed by atoms with van der Waals surface area (Å²) in [5, 5.41) is 0. The van der Waals surface area contributed by atoms with Gasteiger partial charge in [0.15, 0.2) is 0 Å². The highest BCUT2D eigenvalue weighted by Crippen LogP contribution is 2.36. The van der Waals surface area contributed by atoms with E-state index in [1.807, 2.05) is 0 Å². The van der Waals surface area contributed by atoms with Gasteiger partial charge in [-0.25, -0.2) is 0 Å². The molecule has 0 saturated carbocycles. The van der Waals surface area contributed by atoms with Crippen LogP contribution < -0.4 is 4.74 Å². The lowest BCUT2D eigenvalue weighted by Crippen LogP contribution is -2.09. The van der Waals surface area contributed by atoms with Crippen LogP contribution in [-0.4, -0.2) is 12.4 Å². The molecule has 1 rings (SSSR count). The van der Waals surface area contributed by atoms with E-state index >= 15 is 0 Å². The minimum atomic E-state index is -2.95. The van der Waals surface area contributed by atoms with Crippen molar-refractivity contribution in [3.63, 3.8) is 0 Å². The van der Waals surface area contributed by atoms with E-state index in [9.17, 15) is 13.6 Å². The molecule has 0 aromatic heterocycles. The van der Waals surface area contributed by atoms with Gasteiger partial charge >= 0.3 is 6.61 Å². The van der Waals surface area contributed by atoms with Gasteiger partial charge in [-0.1, -0.05) is 28.1 Å². The molecule has 1 aromatic rings. The molecule has 2 nitrogen and oxygen atoms in total. The van der Waals surface area contributed by atoms with Gasteiger partial charge in [0.1, 0.15) is 16.4 Å². The second-order valence-electron chi connectivity index (χ2n) is 3.05. The Morgan fingerprint density at radius 3 is 2.62 bits per heavy atom. The van der Waals surface area contributed by atoms with Gasteiger partial charge in [0.25, 0.3) is 0 Å². The molecule has 0 aliphatic heterocycles. The Balaban J connectivity index is 3.17. The van der Waals surface area contributed by atoms with Crippen LogP contribution in [0.4, 0.5) is 8.78 Å². The largest absolute Gasteiger partial charge is 0.433 e. The number of hydrogen-bond acceptors (Lipinski definition) is 3. The van der Waals surface area contributed by atoms with Gasteiger partial charge in [-0.2, -0.15) is 8.78 Å². The molecule has 1 aromatic carbocycles. The quantitative estimate of drug-likeness (QED) is 0.679. The Labute approximate surface area is 106 Å². The van der Waals surface area contributed by atoms with Gasteiger partial charge in [0.2, 0.25) is 0 Å². The standard InChI is InChI=1S/C10H9BrF2O2S/c1-5(14)8(11)6-3-2-4-7(16)9(6)15-10(12)13/h2-4,8,10,16H,1H3. The third kappa shape index (κ3) is 3.18. The molecule has 6 heteroatoms. The number of ketones is 1. The molecule has 0 aliphatic rings. The second-order valence-corrected chi connectivity index (χ2v) is 4.44. The average Bonchev–Trinajstić information content (AvgIpc) is 2.19. The van der Waals surface area contributed by atoms with E-state index < -0.39 is 11.4 Å². The summed E-state index contributed by atoms with van der Waals surface area (Å²) in [7, 11) is 0. The van der Waals surface area contributed by atoms with Crippen LogP contribution in [0.5, 0.6) is 5.75 Å². The van der Waals surface area contributed by atoms with Crippen LogP contribution in [0.15, 0.2) is 23.1 Å². The summed E-state index contributed by atoms with van der Waals surface area (Å²) in [6, 6.07) is 4.68. The van der Waals surface area contributed by atoms with Gasteiger partial charge in [0.05, 0.1) is 0 Å². The first-order valence-corrected chi connectivity index (χ1v) is 5.71. The molecule has 0 amide bonds. The highest BCUT2D eigenvalue weighted by molar-refractivity contribution is 9.09. The number of alkyl halides is 3. The van der Waals surface area contributed by atoms with Gasteiger partial charge in [-0.05, 0) is 13.0 Å². The van der Waals surface area contributed by atoms with Crippen LogP contribution in [0.1, 0.15) is 17.3 Å². The molecule has 0 N–H and O–H groups in total. The van der Waals surface area contributed by atoms with Crippen LogP contribution in [0.2, 0.25) is 0 Å². The number of halogens is 3. The molecule has 0 radical (unpaired) electrons. The molecule has 0 bridgehead atoms. The maximum absolute atomic E-state index is 12.2. The Morgan fingerprint density at radius 2 is 2.12 bits per heavy atom. The number of carbonyl (C=O) groups is 1. The Kier molecular flexibility index (Phi) is 4.73. The lowest BCUT2D eigenvalue weighted by molar-refractivity contribution is -0.116. The van der Waals surface area contributed by atoms with E-state index in [0.29, 0.717) is 5.56 Å². The van der Waals surface area contributed by atoms with Crippen LogP contribution in [-0.2, 0) is 4.79 Å². The summed E-state index contributed by atoms with van der Waals surface area (Å²) in [6.45, 7) is -1.59. The van der Waals surface area contributed by atoms with Crippen molar-refractivity contribution in [1.29, 1.82) is 0 Å². The smallest absolute Gasteiger partial charge is 0.387 e. The SMILES string of the molecule is CC(=O)C(Br)c1cccc(S)c1OC(F)F. The van der Waals surface area contributed by atoms with Crippen LogP contribution in [0.25, 0.3) is 0 Å². The fourth-order valence-corrected chi connectivity index (χ4v) is 1.81. The van der Waals surface area contributed by atoms with Crippen molar-refractivity contribution < 1.29 is 18.3 Å². The lowest BCUT2D eigenvalue weighted by Gasteiger charge is -2.15. The Morgan fingerprint density at radius 1 is 1.50 bits per heavy atom. The third-order valence-corrected chi connectivity index (χ3v) is 3.35. The van der Waals surface area contributed by atoms with Crippen LogP contribution >= 0.6 is 28.6 Å². The van der Waals surface area contributed by atoms with Crippen molar-refractivity contribution >= 4 is 34.3 Å². The lowest BCUT2D eigenvalue weighted by atomic mass is 10.1. The maximum Gasteiger partial charge on any atom is 0.387 e. The molecule has 1 atom stereocenters. The number of rotatable bonds is 4. The summed E-state index contributed by atoms with van der Waals surface area (Å²) >= 11 is 7.13. The Bertz CT molecular complexity index is 398. The van der Waals surface area contributed by atoms with E-state index in [0.717, 1.165) is 0 Å². The monoisotopic (exact) mass is 310 g/mol. The number of carbonyl (C=O) groups excluding carboxylic acids is 1. The van der Waals surface area contributed by atoms with Gasteiger partial charge < -0.3 is 4.74 Å². The van der Waals surface area contributed by atoms with Gasteiger partial charge in [-0.15, -0.1) is 12.6 Å². The zero-order valence-corrected chi connectivity index (χ0v) is 10.8. The number of hydrogen-bond donors (Lipinski definition) is 1. The molecule has 0 heterocycles. The topological polar surface area (TPSA) is 26.3 Å². The fourth-order valence-electron chi connectivity index (χ4n) is 1.18. The fraction of sp³-hybridized carbons (Fsp3) is 0.300. The van der Waals surface area contributed by atoms with E-state index in [1.165, 1.54) is 19.1 Å². The van der Waals surface area contributed by atoms with Crippen LogP contribution in [0.3, 0.4) is 0 Å². The highest BCUT2D eigenvalue weighted by atomic mass is 79.9. The molecular formula is C10H9BrF2O2S. The first-order chi connectivity index (χ1) is 7.43. The predicted molar refractivity (Wildman–Crippen MR) is 62.7 cm³/mol. The zero-order valence-electron chi connectivity index (χ0n) is 8.28. The van der Waals surface area contributed by atoms with Gasteiger partial charge in [-0.3, -0.25) is 4.79 Å². The average molecular weight is 311 g/mol. The highest BCUT2D eigenvalue weighted by Gasteiger charge is 2.21. The number of thiol groups is 1. The molecule has 0 fully saturated rings. The minimum Gasteiger partial charge on any atom is -0.433 e. The van der Waals surface area contributed by atoms with E-state index in [1.54, 1.807) is 6.07 Å². The molecule has 0 aliphatic carbocycles. The molecular weight excluding hydrogens is 302 g/mol. The normalized spacial score (nSPS) is 12.6. The maximum atomic E-state index is 12.2. The first kappa shape index (κ1) is 13.4. The summed E-state index contributed by atoms with van der Waals surface area (Å²) in [5.74, 6) is -0.268. The van der Waals surface area contributed by atoms with Crippen molar-refractivity contribution in [1.82, 2.24) is 0 Å². The second kappa shape index (κ2) is 5.63. The number of para-hydroxylation sites is 1. The van der Waals surface area contributed by atoms with E-state index in [4.69, 9.17) is 0 Å². The number of ether oxygens (including phenoxy) is 1. The van der Waals surface area contributed by atoms with E-state index in [2.05, 4.69) is 33.3 Å². The van der Waals surface area contributed by atoms with Crippen molar-refractivity contribution in [3.05, 3.63) is 23.8 Å². The van der Waals surface area contributed by atoms with Crippen molar-refractivity contribution in [2.45, 2.75) is 23.3 Å². The number of benzene rings is 1. The predicted octanol–water partition coefficient (Wildman–Crippen LogP) is 3.60. The summed E-state index contributed by atoms with van der Waals surface area (Å²) in [4.78, 5) is 10.8. The van der Waals surface area contributed by atoms with E-state index in [-0.39, 0.29) is 16.4 Å². The van der Waals surface area contributed by atoms with Crippen molar-refractivity contribution in [2.24, 2.45) is 0 Å². The third-order valence-electron chi connectivity index (χ3n) is 1.86. The van der Waals surface area contributed by atoms with Gasteiger partial charge in [0, 0.05) is 10.5 Å².